The van der Waals surface area contributed by atoms with E-state index in [0.29, 0.717) is 27.1 Å². The van der Waals surface area contributed by atoms with E-state index in [4.69, 9.17) is 32.7 Å². The van der Waals surface area contributed by atoms with Crippen molar-refractivity contribution >= 4 is 29.5 Å². The zero-order valence-electron chi connectivity index (χ0n) is 10.7. The number of hydrogen-bond acceptors (Lipinski definition) is 3. The van der Waals surface area contributed by atoms with Crippen LogP contribution in [0.25, 0.3) is 0 Å². The fourth-order valence-electron chi connectivity index (χ4n) is 1.74. The first kappa shape index (κ1) is 14.7. The molecule has 5 heteroatoms. The van der Waals surface area contributed by atoms with E-state index in [9.17, 15) is 4.79 Å². The van der Waals surface area contributed by atoms with Gasteiger partial charge in [-0.1, -0.05) is 29.3 Å². The summed E-state index contributed by atoms with van der Waals surface area (Å²) >= 11 is 12.0. The van der Waals surface area contributed by atoms with Gasteiger partial charge in [0.05, 0.1) is 12.1 Å². The van der Waals surface area contributed by atoms with Gasteiger partial charge < -0.3 is 9.47 Å². The summed E-state index contributed by atoms with van der Waals surface area (Å²) in [6.07, 6.45) is 0.773. The molecule has 2 rings (SSSR count). The molecule has 0 spiro atoms. The Kier molecular flexibility index (Phi) is 4.88. The van der Waals surface area contributed by atoms with Gasteiger partial charge in [0.2, 0.25) is 0 Å². The first-order valence-corrected chi connectivity index (χ1v) is 6.60. The smallest absolute Gasteiger partial charge is 0.150 e. The first-order chi connectivity index (χ1) is 9.65. The van der Waals surface area contributed by atoms with Gasteiger partial charge in [-0.05, 0) is 30.3 Å². The molecule has 104 valence electrons. The standard InChI is InChI=1S/C15H12Cl2O3/c1-19-13-6-5-10(8-18)7-11(13)9-20-14-4-2-3-12(16)15(14)17/h2-8H,9H2,1H3. The van der Waals surface area contributed by atoms with E-state index in [0.717, 1.165) is 11.8 Å². The molecule has 0 bridgehead atoms. The molecule has 20 heavy (non-hydrogen) atoms. The Morgan fingerprint density at radius 3 is 2.65 bits per heavy atom. The van der Waals surface area contributed by atoms with E-state index in [1.807, 2.05) is 0 Å². The lowest BCUT2D eigenvalue weighted by molar-refractivity contribution is 0.112. The van der Waals surface area contributed by atoms with Crippen molar-refractivity contribution in [1.29, 1.82) is 0 Å². The maximum atomic E-state index is 10.8. The fraction of sp³-hybridized carbons (Fsp3) is 0.133. The van der Waals surface area contributed by atoms with Crippen molar-refractivity contribution in [1.82, 2.24) is 0 Å². The van der Waals surface area contributed by atoms with E-state index in [1.54, 1.807) is 43.5 Å². The molecule has 0 fully saturated rings. The van der Waals surface area contributed by atoms with Gasteiger partial charge in [-0.2, -0.15) is 0 Å². The van der Waals surface area contributed by atoms with Crippen LogP contribution in [0, 0.1) is 0 Å². The van der Waals surface area contributed by atoms with Crippen LogP contribution in [-0.4, -0.2) is 13.4 Å². The van der Waals surface area contributed by atoms with E-state index in [-0.39, 0.29) is 6.61 Å². The highest BCUT2D eigenvalue weighted by atomic mass is 35.5. The van der Waals surface area contributed by atoms with Crippen molar-refractivity contribution in [2.24, 2.45) is 0 Å². The molecule has 0 radical (unpaired) electrons. The Bertz CT molecular complexity index is 627. The third-order valence-corrected chi connectivity index (χ3v) is 3.54. The van der Waals surface area contributed by atoms with Crippen LogP contribution in [0.5, 0.6) is 11.5 Å². The molecule has 3 nitrogen and oxygen atoms in total. The average molecular weight is 311 g/mol. The van der Waals surface area contributed by atoms with Gasteiger partial charge in [-0.3, -0.25) is 4.79 Å². The highest BCUT2D eigenvalue weighted by molar-refractivity contribution is 6.42. The third-order valence-electron chi connectivity index (χ3n) is 2.74. The molecule has 0 unspecified atom stereocenters. The molecule has 0 amide bonds. The van der Waals surface area contributed by atoms with Gasteiger partial charge >= 0.3 is 0 Å². The molecular weight excluding hydrogens is 299 g/mol. The minimum absolute atomic E-state index is 0.227. The summed E-state index contributed by atoms with van der Waals surface area (Å²) < 4.78 is 10.9. The van der Waals surface area contributed by atoms with Crippen molar-refractivity contribution in [2.75, 3.05) is 7.11 Å². The number of hydrogen-bond donors (Lipinski definition) is 0. The SMILES string of the molecule is COc1ccc(C=O)cc1COc1cccc(Cl)c1Cl. The third kappa shape index (κ3) is 3.24. The van der Waals surface area contributed by atoms with Crippen LogP contribution in [0.2, 0.25) is 10.0 Å². The van der Waals surface area contributed by atoms with Crippen molar-refractivity contribution in [3.05, 3.63) is 57.6 Å². The second-order valence-electron chi connectivity index (χ2n) is 4.03. The monoisotopic (exact) mass is 310 g/mol. The van der Waals surface area contributed by atoms with Crippen LogP contribution in [0.15, 0.2) is 36.4 Å². The second-order valence-corrected chi connectivity index (χ2v) is 4.81. The Morgan fingerprint density at radius 2 is 1.95 bits per heavy atom. The van der Waals surface area contributed by atoms with Gasteiger partial charge in [-0.15, -0.1) is 0 Å². The molecule has 2 aromatic carbocycles. The molecule has 2 aromatic rings. The highest BCUT2D eigenvalue weighted by Gasteiger charge is 2.09. The van der Waals surface area contributed by atoms with Crippen LogP contribution in [0.3, 0.4) is 0 Å². The number of carbonyl (C=O) groups is 1. The molecule has 0 aromatic heterocycles. The Hall–Kier alpha value is -1.71. The van der Waals surface area contributed by atoms with E-state index in [2.05, 4.69) is 0 Å². The van der Waals surface area contributed by atoms with Crippen molar-refractivity contribution < 1.29 is 14.3 Å². The van der Waals surface area contributed by atoms with Crippen LogP contribution < -0.4 is 9.47 Å². The van der Waals surface area contributed by atoms with E-state index >= 15 is 0 Å². The zero-order chi connectivity index (χ0) is 14.5. The maximum absolute atomic E-state index is 10.8. The summed E-state index contributed by atoms with van der Waals surface area (Å²) in [5.74, 6) is 1.13. The normalized spacial score (nSPS) is 10.2. The van der Waals surface area contributed by atoms with Crippen molar-refractivity contribution in [3.63, 3.8) is 0 Å². The second kappa shape index (κ2) is 6.64. The molecule has 0 saturated carbocycles. The summed E-state index contributed by atoms with van der Waals surface area (Å²) in [7, 11) is 1.56. The lowest BCUT2D eigenvalue weighted by Gasteiger charge is -2.12. The number of rotatable bonds is 5. The van der Waals surface area contributed by atoms with Gasteiger partial charge in [-0.25, -0.2) is 0 Å². The summed E-state index contributed by atoms with van der Waals surface area (Å²) in [5.41, 5.74) is 1.31. The zero-order valence-corrected chi connectivity index (χ0v) is 12.2. The van der Waals surface area contributed by atoms with Crippen molar-refractivity contribution in [3.8, 4) is 11.5 Å². The minimum atomic E-state index is 0.227. The maximum Gasteiger partial charge on any atom is 0.150 e. The fourth-order valence-corrected chi connectivity index (χ4v) is 2.08. The largest absolute Gasteiger partial charge is 0.496 e. The molecule has 0 atom stereocenters. The van der Waals surface area contributed by atoms with Crippen LogP contribution in [0.4, 0.5) is 0 Å². The lowest BCUT2D eigenvalue weighted by Crippen LogP contribution is -2.00. The number of halogens is 2. The first-order valence-electron chi connectivity index (χ1n) is 5.84. The number of methoxy groups -OCH3 is 1. The minimum Gasteiger partial charge on any atom is -0.496 e. The Morgan fingerprint density at radius 1 is 1.15 bits per heavy atom. The van der Waals surface area contributed by atoms with Crippen molar-refractivity contribution in [2.45, 2.75) is 6.61 Å². The number of carbonyl (C=O) groups excluding carboxylic acids is 1. The average Bonchev–Trinajstić information content (AvgIpc) is 2.48. The summed E-state index contributed by atoms with van der Waals surface area (Å²) in [4.78, 5) is 10.8. The predicted molar refractivity (Wildman–Crippen MR) is 79.2 cm³/mol. The molecule has 0 aliphatic carbocycles. The Balaban J connectivity index is 2.21. The molecular formula is C15H12Cl2O3. The number of aldehydes is 1. The molecule has 0 aliphatic heterocycles. The lowest BCUT2D eigenvalue weighted by atomic mass is 10.1. The molecule has 0 N–H and O–H groups in total. The summed E-state index contributed by atoms with van der Waals surface area (Å²) in [6, 6.07) is 10.3. The highest BCUT2D eigenvalue weighted by Crippen LogP contribution is 2.32. The van der Waals surface area contributed by atoms with Crippen LogP contribution in [0.1, 0.15) is 15.9 Å². The van der Waals surface area contributed by atoms with E-state index < -0.39 is 0 Å². The number of benzene rings is 2. The topological polar surface area (TPSA) is 35.5 Å². The molecule has 0 saturated heterocycles. The quantitative estimate of drug-likeness (QED) is 0.768. The number of ether oxygens (including phenoxy) is 2. The Labute approximate surface area is 127 Å². The predicted octanol–water partition coefficient (Wildman–Crippen LogP) is 4.39. The van der Waals surface area contributed by atoms with Gasteiger partial charge in [0.25, 0.3) is 0 Å². The van der Waals surface area contributed by atoms with Crippen LogP contribution in [-0.2, 0) is 6.61 Å². The van der Waals surface area contributed by atoms with Crippen LogP contribution >= 0.6 is 23.2 Å². The molecule has 0 heterocycles. The van der Waals surface area contributed by atoms with Gasteiger partial charge in [0, 0.05) is 11.1 Å². The summed E-state index contributed by atoms with van der Waals surface area (Å²) in [5, 5.41) is 0.789. The summed E-state index contributed by atoms with van der Waals surface area (Å²) in [6.45, 7) is 0.227. The van der Waals surface area contributed by atoms with Gasteiger partial charge in [0.15, 0.2) is 0 Å². The molecule has 0 aliphatic rings. The van der Waals surface area contributed by atoms with Gasteiger partial charge in [0.1, 0.15) is 29.4 Å². The van der Waals surface area contributed by atoms with E-state index in [1.165, 1.54) is 0 Å².